The van der Waals surface area contributed by atoms with E-state index in [4.69, 9.17) is 21.1 Å². The fourth-order valence-corrected chi connectivity index (χ4v) is 5.53. The van der Waals surface area contributed by atoms with Crippen molar-refractivity contribution in [3.05, 3.63) is 108 Å². The lowest BCUT2D eigenvalue weighted by Gasteiger charge is -2.22. The highest BCUT2D eigenvalue weighted by Gasteiger charge is 2.26. The van der Waals surface area contributed by atoms with Gasteiger partial charge < -0.3 is 9.47 Å². The molecule has 11 heteroatoms. The number of thiazole rings is 1. The van der Waals surface area contributed by atoms with Gasteiger partial charge in [-0.05, 0) is 36.4 Å². The number of ether oxygens (including phenoxy) is 2. The molecule has 0 radical (unpaired) electrons. The van der Waals surface area contributed by atoms with Gasteiger partial charge in [-0.1, -0.05) is 77.5 Å². The van der Waals surface area contributed by atoms with Crippen molar-refractivity contribution in [2.24, 2.45) is 0 Å². The number of carbonyl (C=O) groups is 1. The molecule has 1 aromatic heterocycles. The third-order valence-electron chi connectivity index (χ3n) is 5.49. The molecule has 1 N–H and O–H groups in total. The first kappa shape index (κ1) is 28.9. The van der Waals surface area contributed by atoms with E-state index in [0.29, 0.717) is 43.2 Å². The van der Waals surface area contributed by atoms with E-state index in [1.165, 1.54) is 30.5 Å². The molecule has 8 nitrogen and oxygen atoms in total. The molecule has 0 bridgehead atoms. The third-order valence-corrected chi connectivity index (χ3v) is 7.42. The Labute approximate surface area is 241 Å². The van der Waals surface area contributed by atoms with Crippen LogP contribution in [0.25, 0.3) is 10.2 Å². The minimum absolute atomic E-state index is 0.285. The Hall–Kier alpha value is -4.12. The predicted molar refractivity (Wildman–Crippen MR) is 162 cm³/mol. The van der Waals surface area contributed by atoms with E-state index in [9.17, 15) is 13.2 Å². The molecule has 206 valence electrons. The van der Waals surface area contributed by atoms with Crippen LogP contribution in [0.3, 0.4) is 0 Å². The quantitative estimate of drug-likeness (QED) is 0.217. The molecule has 0 aliphatic carbocycles. The monoisotopic (exact) mass is 595 g/mol. The lowest BCUT2D eigenvalue weighted by Crippen LogP contribution is -2.26. The number of methoxy groups -OCH3 is 2. The average Bonchev–Trinajstić information content (AvgIpc) is 3.38. The van der Waals surface area contributed by atoms with E-state index in [0.717, 1.165) is 6.26 Å². The van der Waals surface area contributed by atoms with Gasteiger partial charge in [-0.3, -0.25) is 14.4 Å². The smallest absolute Gasteiger partial charge is 0.266 e. The first-order valence-corrected chi connectivity index (χ1v) is 15.0. The first-order valence-electron chi connectivity index (χ1n) is 11.9. The van der Waals surface area contributed by atoms with Gasteiger partial charge in [0, 0.05) is 6.07 Å². The van der Waals surface area contributed by atoms with Crippen LogP contribution in [0, 0.1) is 0 Å². The second-order valence-corrected chi connectivity index (χ2v) is 11.5. The van der Waals surface area contributed by atoms with Crippen LogP contribution in [0.5, 0.6) is 11.5 Å². The van der Waals surface area contributed by atoms with E-state index in [-0.39, 0.29) is 5.56 Å². The minimum atomic E-state index is -3.53. The Morgan fingerprint density at radius 2 is 1.52 bits per heavy atom. The molecule has 4 aromatic carbocycles. The minimum Gasteiger partial charge on any atom is -0.493 e. The van der Waals surface area contributed by atoms with Crippen LogP contribution in [-0.4, -0.2) is 39.8 Å². The number of halogens is 1. The lowest BCUT2D eigenvalue weighted by molar-refractivity contribution is 0.0999. The maximum absolute atomic E-state index is 13.7. The molecule has 0 atom stereocenters. The Kier molecular flexibility index (Phi) is 9.26. The van der Waals surface area contributed by atoms with Crippen LogP contribution in [0.4, 0.5) is 16.5 Å². The van der Waals surface area contributed by atoms with Crippen LogP contribution in [0.1, 0.15) is 10.4 Å². The van der Waals surface area contributed by atoms with Crippen molar-refractivity contribution < 1.29 is 22.7 Å². The summed E-state index contributed by atoms with van der Waals surface area (Å²) in [4.78, 5) is 19.8. The number of nitrogens with one attached hydrogen (secondary N) is 1. The summed E-state index contributed by atoms with van der Waals surface area (Å²) in [7, 11) is -0.503. The van der Waals surface area contributed by atoms with Crippen molar-refractivity contribution >= 4 is 65.6 Å². The number of benzene rings is 4. The van der Waals surface area contributed by atoms with E-state index in [1.54, 1.807) is 60.7 Å². The van der Waals surface area contributed by atoms with Gasteiger partial charge in [0.1, 0.15) is 5.52 Å². The number of aromatic nitrogens is 1. The molecule has 1 heterocycles. The van der Waals surface area contributed by atoms with E-state index >= 15 is 0 Å². The highest BCUT2D eigenvalue weighted by atomic mass is 35.5. The maximum atomic E-state index is 13.7. The Balaban J connectivity index is 0.000000546. The molecule has 5 rings (SSSR count). The highest BCUT2D eigenvalue weighted by Crippen LogP contribution is 2.40. The molecule has 0 spiro atoms. The molecule has 0 fully saturated rings. The summed E-state index contributed by atoms with van der Waals surface area (Å²) in [6.45, 7) is 0. The number of amides is 1. The lowest BCUT2D eigenvalue weighted by atomic mass is 10.1. The van der Waals surface area contributed by atoms with Gasteiger partial charge in [0.15, 0.2) is 16.6 Å². The van der Waals surface area contributed by atoms with Crippen molar-refractivity contribution in [1.29, 1.82) is 0 Å². The SMILES string of the molecule is COc1ccc(N(C(=O)c2ccccc2Cl)c2nc3c(NS(C)(=O)=O)cccc3s2)cc1OC.c1ccccc1. The molecule has 0 saturated carbocycles. The molecule has 40 heavy (non-hydrogen) atoms. The highest BCUT2D eigenvalue weighted by molar-refractivity contribution is 7.92. The zero-order valence-electron chi connectivity index (χ0n) is 21.9. The van der Waals surface area contributed by atoms with Crippen LogP contribution in [0.15, 0.2) is 97.1 Å². The summed E-state index contributed by atoms with van der Waals surface area (Å²) in [6.07, 6.45) is 1.07. The number of sulfonamides is 1. The molecule has 5 aromatic rings. The molecule has 0 aliphatic heterocycles. The van der Waals surface area contributed by atoms with E-state index in [1.807, 2.05) is 36.4 Å². The van der Waals surface area contributed by atoms with Crippen molar-refractivity contribution in [2.45, 2.75) is 0 Å². The maximum Gasteiger partial charge on any atom is 0.266 e. The zero-order chi connectivity index (χ0) is 28.7. The van der Waals surface area contributed by atoms with Gasteiger partial charge in [0.05, 0.1) is 47.1 Å². The van der Waals surface area contributed by atoms with Gasteiger partial charge >= 0.3 is 0 Å². The fraction of sp³-hybridized carbons (Fsp3) is 0.103. The van der Waals surface area contributed by atoms with Gasteiger partial charge in [0.25, 0.3) is 5.91 Å². The zero-order valence-corrected chi connectivity index (χ0v) is 24.3. The molecular formula is C29H26ClN3O5S2. The predicted octanol–water partition coefficient (Wildman–Crippen LogP) is 7.00. The molecular weight excluding hydrogens is 570 g/mol. The third kappa shape index (κ3) is 6.90. The van der Waals surface area contributed by atoms with Crippen molar-refractivity contribution in [3.8, 4) is 11.5 Å². The topological polar surface area (TPSA) is 97.8 Å². The number of para-hydroxylation sites is 1. The Morgan fingerprint density at radius 3 is 2.12 bits per heavy atom. The fourth-order valence-electron chi connectivity index (χ4n) is 3.73. The van der Waals surface area contributed by atoms with E-state index < -0.39 is 15.9 Å². The van der Waals surface area contributed by atoms with Gasteiger partial charge in [-0.25, -0.2) is 13.4 Å². The second-order valence-electron chi connectivity index (χ2n) is 8.34. The average molecular weight is 596 g/mol. The van der Waals surface area contributed by atoms with Crippen LogP contribution < -0.4 is 19.1 Å². The van der Waals surface area contributed by atoms with Crippen molar-refractivity contribution in [3.63, 3.8) is 0 Å². The number of anilines is 3. The van der Waals surface area contributed by atoms with Crippen LogP contribution in [-0.2, 0) is 10.0 Å². The Bertz CT molecular complexity index is 1700. The van der Waals surface area contributed by atoms with Crippen LogP contribution in [0.2, 0.25) is 5.02 Å². The summed E-state index contributed by atoms with van der Waals surface area (Å²) in [5.74, 6) is 0.521. The first-order chi connectivity index (χ1) is 19.2. The molecule has 0 aliphatic rings. The van der Waals surface area contributed by atoms with Gasteiger partial charge in [-0.2, -0.15) is 0 Å². The number of nitrogens with zero attached hydrogens (tertiary/aromatic N) is 2. The largest absolute Gasteiger partial charge is 0.493 e. The van der Waals surface area contributed by atoms with E-state index in [2.05, 4.69) is 9.71 Å². The number of rotatable bonds is 7. The number of carbonyl (C=O) groups excluding carboxylic acids is 1. The summed E-state index contributed by atoms with van der Waals surface area (Å²) in [6, 6.07) is 28.9. The summed E-state index contributed by atoms with van der Waals surface area (Å²) in [5.41, 5.74) is 1.50. The summed E-state index contributed by atoms with van der Waals surface area (Å²) in [5, 5.41) is 0.619. The second kappa shape index (κ2) is 12.8. The van der Waals surface area contributed by atoms with Gasteiger partial charge in [0.2, 0.25) is 10.0 Å². The normalized spacial score (nSPS) is 10.8. The van der Waals surface area contributed by atoms with Crippen LogP contribution >= 0.6 is 22.9 Å². The van der Waals surface area contributed by atoms with Gasteiger partial charge in [-0.15, -0.1) is 0 Å². The number of fused-ring (bicyclic) bond motifs is 1. The van der Waals surface area contributed by atoms with Crippen molar-refractivity contribution in [1.82, 2.24) is 4.98 Å². The summed E-state index contributed by atoms with van der Waals surface area (Å²) < 4.78 is 37.6. The standard InChI is InChI=1S/C23H20ClN3O5S2.C6H6/c1-31-18-12-11-14(13-19(18)32-2)27(22(28)15-7-4-5-8-16(15)24)23-25-21-17(26-34(3,29)30)9-6-10-20(21)33-23;1-2-4-6-5-3-1/h4-13,26H,1-3H3;1-6H. The van der Waals surface area contributed by atoms with Crippen molar-refractivity contribution in [2.75, 3.05) is 30.1 Å². The Morgan fingerprint density at radius 1 is 0.875 bits per heavy atom. The summed E-state index contributed by atoms with van der Waals surface area (Å²) >= 11 is 7.57. The molecule has 1 amide bonds. The molecule has 0 saturated heterocycles. The number of hydrogen-bond acceptors (Lipinski definition) is 7. The molecule has 0 unspecified atom stereocenters. The number of hydrogen-bond donors (Lipinski definition) is 1.